The average Bonchev–Trinajstić information content (AvgIpc) is 3.15. The molecule has 3 rings (SSSR count). The summed E-state index contributed by atoms with van der Waals surface area (Å²) in [6, 6.07) is 13.6. The third kappa shape index (κ3) is 4.65. The number of rotatable bonds is 6. The number of nitrogens with zero attached hydrogens (tertiary/aromatic N) is 2. The summed E-state index contributed by atoms with van der Waals surface area (Å²) in [6.45, 7) is 2.25. The Labute approximate surface area is 160 Å². The molecule has 1 heterocycles. The van der Waals surface area contributed by atoms with Gasteiger partial charge in [-0.15, -0.1) is 0 Å². The van der Waals surface area contributed by atoms with Crippen molar-refractivity contribution in [3.63, 3.8) is 0 Å². The number of phenols is 1. The van der Waals surface area contributed by atoms with E-state index >= 15 is 0 Å². The number of halogens is 1. The molecule has 138 valence electrons. The molecule has 0 unspecified atom stereocenters. The number of hydrazone groups is 1. The quantitative estimate of drug-likeness (QED) is 0.446. The van der Waals surface area contributed by atoms with Crippen molar-refractivity contribution in [2.75, 3.05) is 6.61 Å². The molecule has 0 saturated heterocycles. The summed E-state index contributed by atoms with van der Waals surface area (Å²) >= 11 is 5.87. The van der Waals surface area contributed by atoms with Crippen LogP contribution in [0.2, 0.25) is 5.02 Å². The predicted molar refractivity (Wildman–Crippen MR) is 103 cm³/mol. The van der Waals surface area contributed by atoms with Crippen LogP contribution in [0, 0.1) is 0 Å². The molecule has 2 aromatic carbocycles. The summed E-state index contributed by atoms with van der Waals surface area (Å²) in [4.78, 5) is 12.2. The van der Waals surface area contributed by atoms with Crippen molar-refractivity contribution in [3.05, 3.63) is 64.8 Å². The number of phenolic OH excluding ortho intramolecular Hbond substituents is 1. The number of hydrogen-bond donors (Lipinski definition) is 3. The Morgan fingerprint density at radius 3 is 2.81 bits per heavy atom. The van der Waals surface area contributed by atoms with Crippen LogP contribution in [0.3, 0.4) is 0 Å². The Bertz CT molecular complexity index is 967. The molecule has 27 heavy (non-hydrogen) atoms. The van der Waals surface area contributed by atoms with E-state index in [-0.39, 0.29) is 11.4 Å². The molecule has 0 fully saturated rings. The van der Waals surface area contributed by atoms with Crippen LogP contribution in [-0.4, -0.2) is 34.0 Å². The SMILES string of the molecule is CCOc1cc(C=NNC(=O)c2cc(-c3ccc(Cl)cc3)n[nH]2)ccc1O. The Balaban J connectivity index is 1.65. The lowest BCUT2D eigenvalue weighted by atomic mass is 10.1. The fourth-order valence-electron chi connectivity index (χ4n) is 2.31. The fourth-order valence-corrected chi connectivity index (χ4v) is 2.44. The molecule has 1 amide bonds. The highest BCUT2D eigenvalue weighted by Crippen LogP contribution is 2.26. The van der Waals surface area contributed by atoms with E-state index < -0.39 is 5.91 Å². The van der Waals surface area contributed by atoms with Gasteiger partial charge in [0.1, 0.15) is 5.69 Å². The van der Waals surface area contributed by atoms with Gasteiger partial charge in [0, 0.05) is 10.6 Å². The van der Waals surface area contributed by atoms with Crippen molar-refractivity contribution in [1.82, 2.24) is 15.6 Å². The van der Waals surface area contributed by atoms with Gasteiger partial charge < -0.3 is 9.84 Å². The number of hydrogen-bond acceptors (Lipinski definition) is 5. The minimum atomic E-state index is -0.428. The first-order chi connectivity index (χ1) is 13.1. The predicted octanol–water partition coefficient (Wildman–Crippen LogP) is 3.60. The van der Waals surface area contributed by atoms with Crippen molar-refractivity contribution in [3.8, 4) is 22.8 Å². The zero-order valence-corrected chi connectivity index (χ0v) is 15.2. The monoisotopic (exact) mass is 384 g/mol. The number of benzene rings is 2. The summed E-state index contributed by atoms with van der Waals surface area (Å²) in [5.41, 5.74) is 4.83. The molecule has 3 N–H and O–H groups in total. The molecule has 0 bridgehead atoms. The van der Waals surface area contributed by atoms with Crippen LogP contribution < -0.4 is 10.2 Å². The highest BCUT2D eigenvalue weighted by molar-refractivity contribution is 6.30. The smallest absolute Gasteiger partial charge is 0.289 e. The number of aromatic hydroxyl groups is 1. The summed E-state index contributed by atoms with van der Waals surface area (Å²) in [5.74, 6) is -0.0260. The van der Waals surface area contributed by atoms with Crippen LogP contribution in [0.1, 0.15) is 23.0 Å². The summed E-state index contributed by atoms with van der Waals surface area (Å²) in [7, 11) is 0. The van der Waals surface area contributed by atoms with Crippen molar-refractivity contribution in [2.24, 2.45) is 5.10 Å². The highest BCUT2D eigenvalue weighted by Gasteiger charge is 2.10. The summed E-state index contributed by atoms with van der Waals surface area (Å²) < 4.78 is 5.31. The molecule has 0 saturated carbocycles. The van der Waals surface area contributed by atoms with Gasteiger partial charge in [-0.3, -0.25) is 9.89 Å². The highest BCUT2D eigenvalue weighted by atomic mass is 35.5. The third-order valence-electron chi connectivity index (χ3n) is 3.63. The standard InChI is InChI=1S/C19H17ClN4O3/c1-2-27-18-9-12(3-8-17(18)25)11-21-24-19(26)16-10-15(22-23-16)13-4-6-14(20)7-5-13/h3-11,25H,2H2,1H3,(H,22,23)(H,24,26). The van der Waals surface area contributed by atoms with E-state index in [1.807, 2.05) is 19.1 Å². The normalized spacial score (nSPS) is 10.9. The molecule has 3 aromatic rings. The van der Waals surface area contributed by atoms with E-state index in [0.29, 0.717) is 28.6 Å². The number of carbonyl (C=O) groups excluding carboxylic acids is 1. The van der Waals surface area contributed by atoms with Crippen LogP contribution in [0.5, 0.6) is 11.5 Å². The van der Waals surface area contributed by atoms with Crippen LogP contribution in [0.25, 0.3) is 11.3 Å². The molecule has 0 atom stereocenters. The van der Waals surface area contributed by atoms with Crippen molar-refractivity contribution >= 4 is 23.7 Å². The maximum absolute atomic E-state index is 12.2. The summed E-state index contributed by atoms with van der Waals surface area (Å²) in [5, 5.41) is 21.0. The van der Waals surface area contributed by atoms with E-state index in [9.17, 15) is 9.90 Å². The van der Waals surface area contributed by atoms with Crippen LogP contribution in [-0.2, 0) is 0 Å². The first kappa shape index (κ1) is 18.5. The second-order valence-corrected chi connectivity index (χ2v) is 5.97. The van der Waals surface area contributed by atoms with Crippen molar-refractivity contribution in [1.29, 1.82) is 0 Å². The maximum Gasteiger partial charge on any atom is 0.289 e. The topological polar surface area (TPSA) is 99.6 Å². The first-order valence-electron chi connectivity index (χ1n) is 8.17. The van der Waals surface area contributed by atoms with E-state index in [4.69, 9.17) is 16.3 Å². The van der Waals surface area contributed by atoms with E-state index in [2.05, 4.69) is 20.7 Å². The Morgan fingerprint density at radius 1 is 1.30 bits per heavy atom. The lowest BCUT2D eigenvalue weighted by Crippen LogP contribution is -2.18. The summed E-state index contributed by atoms with van der Waals surface area (Å²) in [6.07, 6.45) is 1.45. The molecule has 0 radical (unpaired) electrons. The second kappa shape index (κ2) is 8.37. The Hall–Kier alpha value is -3.32. The van der Waals surface area contributed by atoms with Gasteiger partial charge in [0.25, 0.3) is 5.91 Å². The van der Waals surface area contributed by atoms with Crippen molar-refractivity contribution in [2.45, 2.75) is 6.92 Å². The number of ether oxygens (including phenoxy) is 1. The van der Waals surface area contributed by atoms with Gasteiger partial charge in [0.2, 0.25) is 0 Å². The van der Waals surface area contributed by atoms with E-state index in [1.54, 1.807) is 30.3 Å². The minimum absolute atomic E-state index is 0.0465. The van der Waals surface area contributed by atoms with Crippen molar-refractivity contribution < 1.29 is 14.6 Å². The average molecular weight is 385 g/mol. The lowest BCUT2D eigenvalue weighted by molar-refractivity contribution is 0.0950. The number of aromatic nitrogens is 2. The van der Waals surface area contributed by atoms with Gasteiger partial charge in [0.15, 0.2) is 11.5 Å². The number of aromatic amines is 1. The Kier molecular flexibility index (Phi) is 5.73. The second-order valence-electron chi connectivity index (χ2n) is 5.53. The van der Waals surface area contributed by atoms with Crippen LogP contribution in [0.4, 0.5) is 0 Å². The van der Waals surface area contributed by atoms with Gasteiger partial charge in [-0.05, 0) is 48.9 Å². The molecular weight excluding hydrogens is 368 g/mol. The number of nitrogens with one attached hydrogen (secondary N) is 2. The first-order valence-corrected chi connectivity index (χ1v) is 8.55. The Morgan fingerprint density at radius 2 is 2.07 bits per heavy atom. The van der Waals surface area contributed by atoms with Crippen LogP contribution >= 0.6 is 11.6 Å². The molecule has 0 aliphatic rings. The molecular formula is C19H17ClN4O3. The zero-order valence-electron chi connectivity index (χ0n) is 14.4. The molecule has 0 aliphatic heterocycles. The fraction of sp³-hybridized carbons (Fsp3) is 0.105. The minimum Gasteiger partial charge on any atom is -0.504 e. The van der Waals surface area contributed by atoms with Gasteiger partial charge >= 0.3 is 0 Å². The molecule has 0 aliphatic carbocycles. The third-order valence-corrected chi connectivity index (χ3v) is 3.88. The zero-order chi connectivity index (χ0) is 19.2. The number of carbonyl (C=O) groups is 1. The van der Waals surface area contributed by atoms with E-state index in [1.165, 1.54) is 12.3 Å². The molecule has 1 aromatic heterocycles. The van der Waals surface area contributed by atoms with Crippen LogP contribution in [0.15, 0.2) is 53.6 Å². The van der Waals surface area contributed by atoms with Gasteiger partial charge in [-0.1, -0.05) is 23.7 Å². The number of H-pyrrole nitrogens is 1. The lowest BCUT2D eigenvalue weighted by Gasteiger charge is -2.05. The number of amides is 1. The van der Waals surface area contributed by atoms with E-state index in [0.717, 1.165) is 5.56 Å². The molecule has 0 spiro atoms. The molecule has 8 heteroatoms. The maximum atomic E-state index is 12.2. The largest absolute Gasteiger partial charge is 0.504 e. The van der Waals surface area contributed by atoms with Gasteiger partial charge in [0.05, 0.1) is 18.5 Å². The molecule has 7 nitrogen and oxygen atoms in total. The van der Waals surface area contributed by atoms with Gasteiger partial charge in [-0.2, -0.15) is 10.2 Å². The van der Waals surface area contributed by atoms with Gasteiger partial charge in [-0.25, -0.2) is 5.43 Å².